The molecule has 1 aliphatic rings. The molecule has 1 aliphatic heterocycles. The van der Waals surface area contributed by atoms with Gasteiger partial charge in [-0.2, -0.15) is 0 Å². The Balaban J connectivity index is 0.00000242. The van der Waals surface area contributed by atoms with E-state index in [1.54, 1.807) is 12.1 Å². The van der Waals surface area contributed by atoms with Crippen LogP contribution in [-0.2, 0) is 9.84 Å². The molecule has 0 radical (unpaired) electrons. The van der Waals surface area contributed by atoms with E-state index >= 15 is 0 Å². The van der Waals surface area contributed by atoms with Crippen molar-refractivity contribution in [2.45, 2.75) is 23.8 Å². The molecule has 0 aromatic heterocycles. The SMILES string of the molecule is CS(=O)(=O)c1ccc([C@@H](CC(F)F)N2CCNCC2)cc1.Cl. The van der Waals surface area contributed by atoms with Gasteiger partial charge in [-0.05, 0) is 17.7 Å². The van der Waals surface area contributed by atoms with Gasteiger partial charge in [-0.3, -0.25) is 4.90 Å². The van der Waals surface area contributed by atoms with Crippen molar-refractivity contribution in [3.05, 3.63) is 29.8 Å². The van der Waals surface area contributed by atoms with Crippen LogP contribution in [0.5, 0.6) is 0 Å². The van der Waals surface area contributed by atoms with E-state index in [4.69, 9.17) is 0 Å². The molecule has 1 aromatic rings. The predicted molar refractivity (Wildman–Crippen MR) is 84.6 cm³/mol. The molecule has 1 saturated heterocycles. The summed E-state index contributed by atoms with van der Waals surface area (Å²) in [5.74, 6) is 0. The summed E-state index contributed by atoms with van der Waals surface area (Å²) in [5.41, 5.74) is 0.740. The predicted octanol–water partition coefficient (Wildman–Crippen LogP) is 2.11. The highest BCUT2D eigenvalue weighted by Gasteiger charge is 2.25. The first-order valence-corrected chi connectivity index (χ1v) is 8.80. The van der Waals surface area contributed by atoms with Crippen molar-refractivity contribution >= 4 is 22.2 Å². The van der Waals surface area contributed by atoms with E-state index in [1.807, 2.05) is 4.90 Å². The van der Waals surface area contributed by atoms with Gasteiger partial charge in [-0.1, -0.05) is 12.1 Å². The van der Waals surface area contributed by atoms with Crippen molar-refractivity contribution in [1.82, 2.24) is 10.2 Å². The summed E-state index contributed by atoms with van der Waals surface area (Å²) in [6, 6.07) is 5.90. The van der Waals surface area contributed by atoms with Gasteiger partial charge in [0.1, 0.15) is 0 Å². The number of piperazine rings is 1. The van der Waals surface area contributed by atoms with E-state index in [1.165, 1.54) is 12.1 Å². The quantitative estimate of drug-likeness (QED) is 0.880. The molecule has 0 aliphatic carbocycles. The molecule has 126 valence electrons. The maximum absolute atomic E-state index is 12.9. The zero-order valence-electron chi connectivity index (χ0n) is 12.3. The van der Waals surface area contributed by atoms with Crippen molar-refractivity contribution in [2.75, 3.05) is 32.4 Å². The minimum absolute atomic E-state index is 0. The molecule has 0 saturated carbocycles. The molecule has 1 aromatic carbocycles. The number of alkyl halides is 2. The van der Waals surface area contributed by atoms with Gasteiger partial charge in [-0.25, -0.2) is 17.2 Å². The molecule has 0 unspecified atom stereocenters. The van der Waals surface area contributed by atoms with Crippen molar-refractivity contribution < 1.29 is 17.2 Å². The van der Waals surface area contributed by atoms with Crippen LogP contribution in [0.3, 0.4) is 0 Å². The normalized spacial score (nSPS) is 18.0. The Hall–Kier alpha value is -0.760. The Morgan fingerprint density at radius 3 is 2.18 bits per heavy atom. The number of halogens is 3. The average molecular weight is 355 g/mol. The molecule has 0 bridgehead atoms. The van der Waals surface area contributed by atoms with Gasteiger partial charge in [0.15, 0.2) is 9.84 Å². The van der Waals surface area contributed by atoms with Crippen LogP contribution in [0.2, 0.25) is 0 Å². The van der Waals surface area contributed by atoms with E-state index in [0.29, 0.717) is 13.1 Å². The van der Waals surface area contributed by atoms with Crippen molar-refractivity contribution in [3.63, 3.8) is 0 Å². The third-order valence-corrected chi connectivity index (χ3v) is 4.82. The summed E-state index contributed by atoms with van der Waals surface area (Å²) in [7, 11) is -3.26. The smallest absolute Gasteiger partial charge is 0.240 e. The fraction of sp³-hybridized carbons (Fsp3) is 0.571. The first-order chi connectivity index (χ1) is 9.88. The molecule has 2 rings (SSSR count). The molecule has 0 spiro atoms. The van der Waals surface area contributed by atoms with Crippen molar-refractivity contribution in [1.29, 1.82) is 0 Å². The van der Waals surface area contributed by atoms with Gasteiger partial charge in [0, 0.05) is 44.9 Å². The van der Waals surface area contributed by atoms with Gasteiger partial charge in [-0.15, -0.1) is 12.4 Å². The zero-order valence-corrected chi connectivity index (χ0v) is 14.0. The van der Waals surface area contributed by atoms with Gasteiger partial charge < -0.3 is 5.32 Å². The highest BCUT2D eigenvalue weighted by Crippen LogP contribution is 2.28. The lowest BCUT2D eigenvalue weighted by Crippen LogP contribution is -2.45. The third-order valence-electron chi connectivity index (χ3n) is 3.69. The second-order valence-electron chi connectivity index (χ2n) is 5.27. The lowest BCUT2D eigenvalue weighted by atomic mass is 10.0. The maximum atomic E-state index is 12.9. The number of benzene rings is 1. The minimum Gasteiger partial charge on any atom is -0.314 e. The summed E-state index contributed by atoms with van der Waals surface area (Å²) in [5, 5.41) is 3.19. The first-order valence-electron chi connectivity index (χ1n) is 6.91. The topological polar surface area (TPSA) is 49.4 Å². The summed E-state index contributed by atoms with van der Waals surface area (Å²) in [6.07, 6.45) is -1.49. The average Bonchev–Trinajstić information content (AvgIpc) is 2.45. The molecule has 22 heavy (non-hydrogen) atoms. The van der Waals surface area contributed by atoms with Crippen LogP contribution >= 0.6 is 12.4 Å². The molecule has 1 heterocycles. The number of nitrogens with zero attached hydrogens (tertiary/aromatic N) is 1. The van der Waals surface area contributed by atoms with Crippen LogP contribution in [-0.4, -0.2) is 52.2 Å². The van der Waals surface area contributed by atoms with Crippen LogP contribution in [0.25, 0.3) is 0 Å². The lowest BCUT2D eigenvalue weighted by molar-refractivity contribution is 0.0739. The monoisotopic (exact) mass is 354 g/mol. The van der Waals surface area contributed by atoms with Gasteiger partial charge in [0.2, 0.25) is 6.43 Å². The Morgan fingerprint density at radius 1 is 1.18 bits per heavy atom. The molecule has 1 atom stereocenters. The fourth-order valence-electron chi connectivity index (χ4n) is 2.60. The summed E-state index contributed by atoms with van der Waals surface area (Å²) >= 11 is 0. The number of nitrogens with one attached hydrogen (secondary N) is 1. The molecular formula is C14H21ClF2N2O2S. The van der Waals surface area contributed by atoms with Crippen LogP contribution in [0.1, 0.15) is 18.0 Å². The Labute approximate surface area is 136 Å². The van der Waals surface area contributed by atoms with E-state index in [0.717, 1.165) is 24.9 Å². The highest BCUT2D eigenvalue weighted by atomic mass is 35.5. The van der Waals surface area contributed by atoms with Crippen LogP contribution in [0.15, 0.2) is 29.2 Å². The molecule has 0 amide bonds. The summed E-state index contributed by atoms with van der Waals surface area (Å²) < 4.78 is 48.6. The van der Waals surface area contributed by atoms with E-state index < -0.39 is 16.3 Å². The van der Waals surface area contributed by atoms with E-state index in [2.05, 4.69) is 5.32 Å². The molecule has 1 fully saturated rings. The maximum Gasteiger partial charge on any atom is 0.240 e. The third kappa shape index (κ3) is 5.15. The highest BCUT2D eigenvalue weighted by molar-refractivity contribution is 7.90. The second-order valence-corrected chi connectivity index (χ2v) is 7.29. The second kappa shape index (κ2) is 8.19. The fourth-order valence-corrected chi connectivity index (χ4v) is 3.23. The number of hydrogen-bond donors (Lipinski definition) is 1. The largest absolute Gasteiger partial charge is 0.314 e. The van der Waals surface area contributed by atoms with Gasteiger partial charge in [0.05, 0.1) is 4.90 Å². The summed E-state index contributed by atoms with van der Waals surface area (Å²) in [6.45, 7) is 2.98. The van der Waals surface area contributed by atoms with Gasteiger partial charge in [0.25, 0.3) is 0 Å². The Bertz CT molecular complexity index is 561. The lowest BCUT2D eigenvalue weighted by Gasteiger charge is -2.35. The van der Waals surface area contributed by atoms with Crippen LogP contribution < -0.4 is 5.32 Å². The van der Waals surface area contributed by atoms with E-state index in [9.17, 15) is 17.2 Å². The van der Waals surface area contributed by atoms with E-state index in [-0.39, 0.29) is 29.8 Å². The Kier molecular flexibility index (Phi) is 7.18. The Morgan fingerprint density at radius 2 is 1.73 bits per heavy atom. The van der Waals surface area contributed by atoms with Crippen molar-refractivity contribution in [2.24, 2.45) is 0 Å². The molecule has 4 nitrogen and oxygen atoms in total. The summed E-state index contributed by atoms with van der Waals surface area (Å²) in [4.78, 5) is 2.24. The van der Waals surface area contributed by atoms with Crippen LogP contribution in [0, 0.1) is 0 Å². The zero-order chi connectivity index (χ0) is 15.5. The molecular weight excluding hydrogens is 334 g/mol. The molecule has 8 heteroatoms. The van der Waals surface area contributed by atoms with Gasteiger partial charge >= 0.3 is 0 Å². The van der Waals surface area contributed by atoms with Crippen LogP contribution in [0.4, 0.5) is 8.78 Å². The number of hydrogen-bond acceptors (Lipinski definition) is 4. The number of sulfone groups is 1. The first kappa shape index (κ1) is 19.3. The van der Waals surface area contributed by atoms with Crippen molar-refractivity contribution in [3.8, 4) is 0 Å². The minimum atomic E-state index is -3.26. The molecule has 1 N–H and O–H groups in total. The standard InChI is InChI=1S/C14H20F2N2O2S.ClH/c1-21(19,20)12-4-2-11(3-5-12)13(10-14(15)16)18-8-6-17-7-9-18;/h2-5,13-14,17H,6-10H2,1H3;1H/t13-;/m1./s1. The number of rotatable bonds is 5.